The number of nitrogens with two attached hydrogens (primary N) is 1. The van der Waals surface area contributed by atoms with Crippen molar-refractivity contribution in [2.75, 3.05) is 24.2 Å². The number of nitrogen functional groups attached to an aromatic ring is 1. The van der Waals surface area contributed by atoms with Crippen LogP contribution in [0.3, 0.4) is 0 Å². The second-order valence-electron chi connectivity index (χ2n) is 4.09. The molecule has 0 aliphatic heterocycles. The predicted molar refractivity (Wildman–Crippen MR) is 77.2 cm³/mol. The summed E-state index contributed by atoms with van der Waals surface area (Å²) in [6.07, 6.45) is 3.05. The molecular weight excluding hydrogens is 278 g/mol. The van der Waals surface area contributed by atoms with Gasteiger partial charge in [0, 0.05) is 25.1 Å². The first-order chi connectivity index (χ1) is 9.46. The maximum atomic E-state index is 12.6. The Morgan fingerprint density at radius 1 is 1.20 bits per heavy atom. The molecule has 0 saturated heterocycles. The normalized spacial score (nSPS) is 11.1. The topological polar surface area (TPSA) is 85.5 Å². The molecule has 0 aliphatic carbocycles. The van der Waals surface area contributed by atoms with Crippen LogP contribution in [0.2, 0.25) is 0 Å². The van der Waals surface area contributed by atoms with Gasteiger partial charge in [-0.1, -0.05) is 0 Å². The van der Waals surface area contributed by atoms with Crippen molar-refractivity contribution in [3.8, 4) is 5.75 Å². The number of aromatic nitrogens is 1. The molecule has 2 rings (SSSR count). The number of benzene rings is 1. The van der Waals surface area contributed by atoms with Crippen LogP contribution in [0.5, 0.6) is 5.75 Å². The molecule has 20 heavy (non-hydrogen) atoms. The van der Waals surface area contributed by atoms with Crippen LogP contribution < -0.4 is 14.8 Å². The molecule has 106 valence electrons. The van der Waals surface area contributed by atoms with Gasteiger partial charge in [0.2, 0.25) is 0 Å². The van der Waals surface area contributed by atoms with Gasteiger partial charge in [0.1, 0.15) is 10.6 Å². The molecule has 0 radical (unpaired) electrons. The van der Waals surface area contributed by atoms with E-state index in [1.165, 1.54) is 38.7 Å². The summed E-state index contributed by atoms with van der Waals surface area (Å²) in [4.78, 5) is 3.89. The molecule has 0 aliphatic rings. The highest BCUT2D eigenvalue weighted by Crippen LogP contribution is 2.30. The molecule has 0 fully saturated rings. The van der Waals surface area contributed by atoms with Gasteiger partial charge in [0.05, 0.1) is 12.8 Å². The van der Waals surface area contributed by atoms with E-state index in [0.29, 0.717) is 11.4 Å². The lowest BCUT2D eigenvalue weighted by molar-refractivity contribution is 0.403. The van der Waals surface area contributed by atoms with E-state index in [1.54, 1.807) is 18.2 Å². The van der Waals surface area contributed by atoms with Gasteiger partial charge < -0.3 is 10.5 Å². The monoisotopic (exact) mass is 293 g/mol. The van der Waals surface area contributed by atoms with Crippen molar-refractivity contribution in [3.63, 3.8) is 0 Å². The molecule has 6 nitrogen and oxygen atoms in total. The Bertz CT molecular complexity index is 702. The fourth-order valence-electron chi connectivity index (χ4n) is 1.74. The third-order valence-electron chi connectivity index (χ3n) is 2.85. The number of rotatable bonds is 4. The molecule has 0 amide bonds. The van der Waals surface area contributed by atoms with Crippen molar-refractivity contribution in [2.45, 2.75) is 4.90 Å². The third-order valence-corrected chi connectivity index (χ3v) is 4.66. The van der Waals surface area contributed by atoms with Crippen LogP contribution in [0, 0.1) is 0 Å². The average Bonchev–Trinajstić information content (AvgIpc) is 2.47. The molecule has 0 saturated carbocycles. The highest BCUT2D eigenvalue weighted by atomic mass is 32.2. The standard InChI is InChI=1S/C13H15N3O3S/c1-16(11-5-7-15-8-6-11)20(17,18)13-9-10(14)3-4-12(13)19-2/h3-9H,14H2,1-2H3. The van der Waals surface area contributed by atoms with E-state index >= 15 is 0 Å². The van der Waals surface area contributed by atoms with E-state index in [4.69, 9.17) is 10.5 Å². The second-order valence-corrected chi connectivity index (χ2v) is 6.03. The second kappa shape index (κ2) is 5.38. The summed E-state index contributed by atoms with van der Waals surface area (Å²) in [5, 5.41) is 0. The van der Waals surface area contributed by atoms with Crippen LogP contribution in [0.4, 0.5) is 11.4 Å². The minimum Gasteiger partial charge on any atom is -0.495 e. The van der Waals surface area contributed by atoms with Crippen molar-refractivity contribution < 1.29 is 13.2 Å². The molecular formula is C13H15N3O3S. The maximum Gasteiger partial charge on any atom is 0.267 e. The minimum atomic E-state index is -3.76. The van der Waals surface area contributed by atoms with Gasteiger partial charge in [0.25, 0.3) is 10.0 Å². The van der Waals surface area contributed by atoms with Crippen molar-refractivity contribution >= 4 is 21.4 Å². The summed E-state index contributed by atoms with van der Waals surface area (Å²) in [7, 11) is -0.877. The van der Waals surface area contributed by atoms with E-state index in [0.717, 1.165) is 4.31 Å². The molecule has 2 N–H and O–H groups in total. The lowest BCUT2D eigenvalue weighted by Gasteiger charge is -2.20. The number of ether oxygens (including phenoxy) is 1. The molecule has 0 unspecified atom stereocenters. The Hall–Kier alpha value is -2.28. The van der Waals surface area contributed by atoms with Crippen LogP contribution in [-0.4, -0.2) is 27.6 Å². The van der Waals surface area contributed by atoms with Gasteiger partial charge in [-0.15, -0.1) is 0 Å². The summed E-state index contributed by atoms with van der Waals surface area (Å²) in [6, 6.07) is 7.71. The highest BCUT2D eigenvalue weighted by Gasteiger charge is 2.25. The number of hydrogen-bond acceptors (Lipinski definition) is 5. The first kappa shape index (κ1) is 14.1. The molecule has 0 spiro atoms. The van der Waals surface area contributed by atoms with E-state index in [9.17, 15) is 8.42 Å². The Labute approximate surface area is 117 Å². The number of anilines is 2. The SMILES string of the molecule is COc1ccc(N)cc1S(=O)(=O)N(C)c1ccncc1. The molecule has 1 aromatic carbocycles. The molecule has 0 atom stereocenters. The van der Waals surface area contributed by atoms with Gasteiger partial charge in [-0.05, 0) is 30.3 Å². The van der Waals surface area contributed by atoms with Crippen molar-refractivity contribution in [1.29, 1.82) is 0 Å². The number of methoxy groups -OCH3 is 1. The smallest absolute Gasteiger partial charge is 0.267 e. The lowest BCUT2D eigenvalue weighted by Crippen LogP contribution is -2.27. The summed E-state index contributed by atoms with van der Waals surface area (Å²) >= 11 is 0. The number of pyridine rings is 1. The molecule has 1 aromatic heterocycles. The molecule has 7 heteroatoms. The number of hydrogen-bond donors (Lipinski definition) is 1. The van der Waals surface area contributed by atoms with Crippen molar-refractivity contribution in [2.24, 2.45) is 0 Å². The Kier molecular flexibility index (Phi) is 3.80. The minimum absolute atomic E-state index is 0.0271. The van der Waals surface area contributed by atoms with Gasteiger partial charge in [-0.2, -0.15) is 0 Å². The van der Waals surface area contributed by atoms with Crippen molar-refractivity contribution in [3.05, 3.63) is 42.7 Å². The van der Waals surface area contributed by atoms with Crippen LogP contribution in [0.1, 0.15) is 0 Å². The quantitative estimate of drug-likeness (QED) is 0.863. The van der Waals surface area contributed by atoms with Crippen molar-refractivity contribution in [1.82, 2.24) is 4.98 Å². The fraction of sp³-hybridized carbons (Fsp3) is 0.154. The zero-order chi connectivity index (χ0) is 14.8. The van der Waals surface area contributed by atoms with Gasteiger partial charge in [-0.3, -0.25) is 9.29 Å². The molecule has 0 bridgehead atoms. The van der Waals surface area contributed by atoms with Gasteiger partial charge in [0.15, 0.2) is 0 Å². The summed E-state index contributed by atoms with van der Waals surface area (Å²) in [6.45, 7) is 0. The maximum absolute atomic E-state index is 12.6. The predicted octanol–water partition coefficient (Wildman–Crippen LogP) is 1.50. The van der Waals surface area contributed by atoms with Crippen LogP contribution in [0.15, 0.2) is 47.6 Å². The number of sulfonamides is 1. The third kappa shape index (κ3) is 2.53. The Balaban J connectivity index is 2.53. The largest absolute Gasteiger partial charge is 0.495 e. The fourth-order valence-corrected chi connectivity index (χ4v) is 3.12. The lowest BCUT2D eigenvalue weighted by atomic mass is 10.3. The number of nitrogens with zero attached hydrogens (tertiary/aromatic N) is 2. The zero-order valence-corrected chi connectivity index (χ0v) is 12.0. The Morgan fingerprint density at radius 3 is 2.45 bits per heavy atom. The van der Waals surface area contributed by atoms with E-state index in [-0.39, 0.29) is 10.6 Å². The van der Waals surface area contributed by atoms with E-state index in [2.05, 4.69) is 4.98 Å². The van der Waals surface area contributed by atoms with Gasteiger partial charge in [-0.25, -0.2) is 8.42 Å². The van der Waals surface area contributed by atoms with E-state index in [1.807, 2.05) is 0 Å². The van der Waals surface area contributed by atoms with Crippen LogP contribution >= 0.6 is 0 Å². The molecule has 1 heterocycles. The highest BCUT2D eigenvalue weighted by molar-refractivity contribution is 7.93. The first-order valence-corrected chi connectivity index (χ1v) is 7.23. The first-order valence-electron chi connectivity index (χ1n) is 5.79. The van der Waals surface area contributed by atoms with E-state index < -0.39 is 10.0 Å². The van der Waals surface area contributed by atoms with Crippen LogP contribution in [0.25, 0.3) is 0 Å². The summed E-state index contributed by atoms with van der Waals surface area (Å²) < 4.78 is 31.5. The Morgan fingerprint density at radius 2 is 1.85 bits per heavy atom. The van der Waals surface area contributed by atoms with Crippen LogP contribution in [-0.2, 0) is 10.0 Å². The molecule has 2 aromatic rings. The average molecular weight is 293 g/mol. The van der Waals surface area contributed by atoms with Gasteiger partial charge >= 0.3 is 0 Å². The zero-order valence-electron chi connectivity index (χ0n) is 11.1. The summed E-state index contributed by atoms with van der Waals surface area (Å²) in [5.41, 5.74) is 6.53. The summed E-state index contributed by atoms with van der Waals surface area (Å²) in [5.74, 6) is 0.250.